The molecular formula is C44H48Br2N6O4S4. The summed E-state index contributed by atoms with van der Waals surface area (Å²) in [7, 11) is -6.92. The molecule has 60 heavy (non-hydrogen) atoms. The average Bonchev–Trinajstić information content (AvgIpc) is 3.92. The third-order valence-electron chi connectivity index (χ3n) is 11.0. The topological polar surface area (TPSA) is 107 Å². The Morgan fingerprint density at radius 3 is 1.47 bits per heavy atom. The standard InChI is InChI=1S/2C22H24BrN3O2S2/c1-16-3-4-17(2)18(13-16)14-20-15-29-22(24-20)25-9-11-26(12-10-25)30(27,28)21-7-5-19(23)6-8-21;1-16-4-3-5-18(17(16)2)14-20-15-29-22(24-20)25-10-12-26(13-11-25)30(27,28)21-8-6-19(23)7-9-21/h3-8,13,15H,9-12,14H2,1-2H3;3-9,15H,10-14H2,1-2H3. The van der Waals surface area contributed by atoms with Gasteiger partial charge < -0.3 is 9.80 Å². The Morgan fingerprint density at radius 2 is 1.00 bits per heavy atom. The molecule has 0 unspecified atom stereocenters. The first kappa shape index (κ1) is 44.6. The third kappa shape index (κ3) is 10.6. The van der Waals surface area contributed by atoms with Crippen molar-refractivity contribution in [2.24, 2.45) is 0 Å². The average molecular weight is 1010 g/mol. The van der Waals surface area contributed by atoms with Gasteiger partial charge in [0.2, 0.25) is 20.0 Å². The van der Waals surface area contributed by atoms with Gasteiger partial charge in [-0.3, -0.25) is 0 Å². The Morgan fingerprint density at radius 1 is 0.550 bits per heavy atom. The monoisotopic (exact) mass is 1010 g/mol. The number of anilines is 2. The maximum absolute atomic E-state index is 12.9. The number of benzene rings is 4. The van der Waals surface area contributed by atoms with Crippen LogP contribution >= 0.6 is 54.5 Å². The molecule has 2 aliphatic rings. The van der Waals surface area contributed by atoms with Gasteiger partial charge in [0.05, 0.1) is 21.2 Å². The zero-order chi connectivity index (χ0) is 42.6. The number of hydrogen-bond donors (Lipinski definition) is 0. The summed E-state index contributed by atoms with van der Waals surface area (Å²) in [5.41, 5.74) is 9.89. The zero-order valence-corrected chi connectivity index (χ0v) is 40.5. The first-order valence-electron chi connectivity index (χ1n) is 19.7. The van der Waals surface area contributed by atoms with Gasteiger partial charge in [0.25, 0.3) is 0 Å². The number of aromatic nitrogens is 2. The molecule has 0 radical (unpaired) electrons. The van der Waals surface area contributed by atoms with E-state index in [2.05, 4.69) is 117 Å². The summed E-state index contributed by atoms with van der Waals surface area (Å²) in [5, 5.41) is 6.16. The van der Waals surface area contributed by atoms with Crippen molar-refractivity contribution in [3.05, 3.63) is 149 Å². The van der Waals surface area contributed by atoms with Crippen LogP contribution in [0.25, 0.3) is 0 Å². The van der Waals surface area contributed by atoms with Gasteiger partial charge in [-0.2, -0.15) is 8.61 Å². The quantitative estimate of drug-likeness (QED) is 0.134. The van der Waals surface area contributed by atoms with Gasteiger partial charge in [-0.05, 0) is 104 Å². The van der Waals surface area contributed by atoms with Crippen LogP contribution in [0.5, 0.6) is 0 Å². The highest BCUT2D eigenvalue weighted by Crippen LogP contribution is 2.29. The van der Waals surface area contributed by atoms with Crippen molar-refractivity contribution in [1.82, 2.24) is 18.6 Å². The van der Waals surface area contributed by atoms with E-state index >= 15 is 0 Å². The lowest BCUT2D eigenvalue weighted by molar-refractivity contribution is 0.384. The highest BCUT2D eigenvalue weighted by atomic mass is 79.9. The fraction of sp³-hybridized carbons (Fsp3) is 0.318. The number of halogens is 2. The third-order valence-corrected chi connectivity index (χ3v) is 17.7. The Hall–Kier alpha value is -3.48. The van der Waals surface area contributed by atoms with E-state index in [1.54, 1.807) is 79.8 Å². The molecule has 2 aliphatic heterocycles. The van der Waals surface area contributed by atoms with Crippen molar-refractivity contribution in [1.29, 1.82) is 0 Å². The van der Waals surface area contributed by atoms with Crippen LogP contribution in [0.4, 0.5) is 10.3 Å². The molecule has 0 amide bonds. The Balaban J connectivity index is 0.000000181. The molecule has 16 heteroatoms. The van der Waals surface area contributed by atoms with Crippen LogP contribution in [0.15, 0.2) is 114 Å². The highest BCUT2D eigenvalue weighted by molar-refractivity contribution is 9.10. The lowest BCUT2D eigenvalue weighted by atomic mass is 10.0. The second kappa shape index (κ2) is 19.3. The lowest BCUT2D eigenvalue weighted by Crippen LogP contribution is -2.48. The SMILES string of the molecule is Cc1ccc(C)c(Cc2csc(N3CCN(S(=O)(=O)c4ccc(Br)cc4)CC3)n2)c1.Cc1cccc(Cc2csc(N3CCN(S(=O)(=O)c4ccc(Br)cc4)CC3)n2)c1C. The predicted molar refractivity (Wildman–Crippen MR) is 252 cm³/mol. The molecule has 2 fully saturated rings. The second-order valence-electron chi connectivity index (χ2n) is 15.1. The smallest absolute Gasteiger partial charge is 0.243 e. The van der Waals surface area contributed by atoms with E-state index in [1.165, 1.54) is 33.4 Å². The fourth-order valence-corrected chi connectivity index (χ4v) is 12.3. The molecule has 0 bridgehead atoms. The Bertz CT molecular complexity index is 2500. The number of thiazole rings is 2. The Kier molecular flexibility index (Phi) is 14.3. The zero-order valence-electron chi connectivity index (χ0n) is 34.0. The van der Waals surface area contributed by atoms with Crippen LogP contribution in [-0.2, 0) is 32.9 Å². The lowest BCUT2D eigenvalue weighted by Gasteiger charge is -2.33. The van der Waals surface area contributed by atoms with Crippen LogP contribution < -0.4 is 9.80 Å². The van der Waals surface area contributed by atoms with Gasteiger partial charge >= 0.3 is 0 Å². The predicted octanol–water partition coefficient (Wildman–Crippen LogP) is 9.25. The molecule has 2 aromatic heterocycles. The van der Waals surface area contributed by atoms with Crippen molar-refractivity contribution in [3.63, 3.8) is 0 Å². The molecule has 6 aromatic rings. The van der Waals surface area contributed by atoms with E-state index in [0.29, 0.717) is 62.1 Å². The van der Waals surface area contributed by atoms with E-state index in [4.69, 9.17) is 9.97 Å². The molecule has 0 aliphatic carbocycles. The minimum absolute atomic E-state index is 0.337. The van der Waals surface area contributed by atoms with Crippen molar-refractivity contribution in [2.75, 3.05) is 62.2 Å². The first-order valence-corrected chi connectivity index (χ1v) is 25.9. The summed E-state index contributed by atoms with van der Waals surface area (Å²) >= 11 is 9.97. The van der Waals surface area contributed by atoms with Crippen LogP contribution in [-0.4, -0.2) is 87.8 Å². The first-order chi connectivity index (χ1) is 28.7. The molecule has 2 saturated heterocycles. The summed E-state index contributed by atoms with van der Waals surface area (Å²) in [6.45, 7) is 13.0. The molecular weight excluding hydrogens is 965 g/mol. The minimum Gasteiger partial charge on any atom is -0.345 e. The van der Waals surface area contributed by atoms with E-state index in [1.807, 2.05) is 0 Å². The largest absolute Gasteiger partial charge is 0.345 e. The summed E-state index contributed by atoms with van der Waals surface area (Å²) in [6, 6.07) is 26.5. The van der Waals surface area contributed by atoms with Crippen LogP contribution in [0.3, 0.4) is 0 Å². The van der Waals surface area contributed by atoms with Crippen molar-refractivity contribution in [2.45, 2.75) is 50.3 Å². The van der Waals surface area contributed by atoms with Crippen LogP contribution in [0.2, 0.25) is 0 Å². The highest BCUT2D eigenvalue weighted by Gasteiger charge is 2.31. The number of hydrogen-bond acceptors (Lipinski definition) is 10. The normalized spacial score (nSPS) is 15.5. The number of piperazine rings is 2. The van der Waals surface area contributed by atoms with E-state index in [0.717, 1.165) is 43.4 Å². The molecule has 10 nitrogen and oxygen atoms in total. The number of nitrogens with zero attached hydrogens (tertiary/aromatic N) is 6. The van der Waals surface area contributed by atoms with Gasteiger partial charge in [-0.25, -0.2) is 26.8 Å². The number of aryl methyl sites for hydroxylation is 3. The van der Waals surface area contributed by atoms with Crippen LogP contribution in [0.1, 0.15) is 44.8 Å². The maximum Gasteiger partial charge on any atom is 0.243 e. The molecule has 0 saturated carbocycles. The van der Waals surface area contributed by atoms with Gasteiger partial charge in [-0.1, -0.05) is 73.8 Å². The van der Waals surface area contributed by atoms with Crippen molar-refractivity contribution < 1.29 is 16.8 Å². The fourth-order valence-electron chi connectivity index (χ4n) is 7.18. The molecule has 0 N–H and O–H groups in total. The van der Waals surface area contributed by atoms with Crippen molar-refractivity contribution >= 4 is 84.8 Å². The van der Waals surface area contributed by atoms with Crippen LogP contribution in [0, 0.1) is 27.7 Å². The molecule has 316 valence electrons. The molecule has 0 atom stereocenters. The number of sulfonamides is 2. The summed E-state index contributed by atoms with van der Waals surface area (Å²) in [5.74, 6) is 0. The Labute approximate surface area is 379 Å². The van der Waals surface area contributed by atoms with Gasteiger partial charge in [0.1, 0.15) is 0 Å². The van der Waals surface area contributed by atoms with Crippen molar-refractivity contribution in [3.8, 4) is 0 Å². The molecule has 4 aromatic carbocycles. The van der Waals surface area contributed by atoms with E-state index < -0.39 is 20.0 Å². The molecule has 0 spiro atoms. The van der Waals surface area contributed by atoms with Gasteiger partial charge in [0, 0.05) is 84.9 Å². The maximum atomic E-state index is 12.9. The second-order valence-corrected chi connectivity index (χ2v) is 22.5. The molecule has 4 heterocycles. The summed E-state index contributed by atoms with van der Waals surface area (Å²) < 4.78 is 56.4. The van der Waals surface area contributed by atoms with Gasteiger partial charge in [-0.15, -0.1) is 22.7 Å². The van der Waals surface area contributed by atoms with E-state index in [9.17, 15) is 16.8 Å². The summed E-state index contributed by atoms with van der Waals surface area (Å²) in [4.78, 5) is 14.7. The van der Waals surface area contributed by atoms with Gasteiger partial charge in [0.15, 0.2) is 10.3 Å². The number of rotatable bonds is 10. The summed E-state index contributed by atoms with van der Waals surface area (Å²) in [6.07, 6.45) is 1.64. The minimum atomic E-state index is -3.46. The molecule has 8 rings (SSSR count). The van der Waals surface area contributed by atoms with E-state index in [-0.39, 0.29) is 0 Å².